The number of aliphatic hydroxyl groups is 1. The molecule has 2 amide bonds. The molecule has 6 atom stereocenters. The standard InChI is InChI=1S/C24H31N5O6/c1-4-34-22(33)18-17-21(32)28(10-7-11-30)19(24(17)12-14(2)23(18,3)35-24)20(31)25-13-29-16-9-6-5-8-15(16)26-27-29/h5-6,8-9,14,17-19,30H,4,7,10-13H2,1-3H3,(H,25,31)/t14?,17-,18+,19?,23-,24?/m0/s1. The summed E-state index contributed by atoms with van der Waals surface area (Å²) < 4.78 is 13.5. The fourth-order valence-electron chi connectivity index (χ4n) is 6.39. The van der Waals surface area contributed by atoms with E-state index in [-0.39, 0.29) is 44.2 Å². The number of fused-ring (bicyclic) bond motifs is 2. The molecule has 3 aliphatic rings. The number of esters is 1. The smallest absolute Gasteiger partial charge is 0.312 e. The number of para-hydroxylation sites is 1. The van der Waals surface area contributed by atoms with Crippen LogP contribution in [0, 0.1) is 17.8 Å². The summed E-state index contributed by atoms with van der Waals surface area (Å²) in [7, 11) is 0. The van der Waals surface area contributed by atoms with Crippen LogP contribution >= 0.6 is 0 Å². The Morgan fingerprint density at radius 1 is 1.34 bits per heavy atom. The van der Waals surface area contributed by atoms with E-state index in [4.69, 9.17) is 9.47 Å². The third-order valence-corrected chi connectivity index (χ3v) is 7.98. The largest absolute Gasteiger partial charge is 0.466 e. The summed E-state index contributed by atoms with van der Waals surface area (Å²) in [6.07, 6.45) is 0.776. The number of rotatable bonds is 8. The summed E-state index contributed by atoms with van der Waals surface area (Å²) in [6.45, 7) is 5.85. The monoisotopic (exact) mass is 485 g/mol. The molecule has 3 fully saturated rings. The van der Waals surface area contributed by atoms with Crippen LogP contribution < -0.4 is 5.32 Å². The van der Waals surface area contributed by atoms with E-state index in [0.717, 1.165) is 5.52 Å². The first-order chi connectivity index (χ1) is 16.8. The van der Waals surface area contributed by atoms with Crippen molar-refractivity contribution >= 4 is 28.8 Å². The third kappa shape index (κ3) is 3.35. The van der Waals surface area contributed by atoms with Crippen molar-refractivity contribution in [3.05, 3.63) is 24.3 Å². The lowest BCUT2D eigenvalue weighted by molar-refractivity contribution is -0.161. The van der Waals surface area contributed by atoms with Crippen molar-refractivity contribution in [1.82, 2.24) is 25.2 Å². The fourth-order valence-corrected chi connectivity index (χ4v) is 6.39. The highest BCUT2D eigenvalue weighted by Crippen LogP contribution is 2.65. The molecule has 35 heavy (non-hydrogen) atoms. The van der Waals surface area contributed by atoms with Crippen LogP contribution in [0.15, 0.2) is 24.3 Å². The predicted molar refractivity (Wildman–Crippen MR) is 122 cm³/mol. The maximum absolute atomic E-state index is 13.7. The molecule has 11 heteroatoms. The van der Waals surface area contributed by atoms with Gasteiger partial charge in [-0.05, 0) is 44.7 Å². The van der Waals surface area contributed by atoms with Gasteiger partial charge in [0, 0.05) is 13.2 Å². The van der Waals surface area contributed by atoms with Gasteiger partial charge in [-0.2, -0.15) is 0 Å². The first kappa shape index (κ1) is 23.7. The van der Waals surface area contributed by atoms with Crippen molar-refractivity contribution in [2.75, 3.05) is 19.8 Å². The van der Waals surface area contributed by atoms with Crippen molar-refractivity contribution in [1.29, 1.82) is 0 Å². The highest BCUT2D eigenvalue weighted by Gasteiger charge is 2.80. The predicted octanol–water partition coefficient (Wildman–Crippen LogP) is 0.461. The molecule has 1 spiro atoms. The number of nitrogens with zero attached hydrogens (tertiary/aromatic N) is 4. The topological polar surface area (TPSA) is 136 Å². The van der Waals surface area contributed by atoms with Gasteiger partial charge >= 0.3 is 5.97 Å². The number of likely N-dealkylation sites (tertiary alicyclic amines) is 1. The minimum Gasteiger partial charge on any atom is -0.466 e. The second kappa shape index (κ2) is 8.56. The van der Waals surface area contributed by atoms with Gasteiger partial charge < -0.3 is 24.8 Å². The summed E-state index contributed by atoms with van der Waals surface area (Å²) in [5.41, 5.74) is -0.578. The Labute approximate surface area is 202 Å². The van der Waals surface area contributed by atoms with E-state index < -0.39 is 35.0 Å². The molecule has 2 aromatic rings. The van der Waals surface area contributed by atoms with E-state index in [9.17, 15) is 19.5 Å². The normalized spacial score (nSPS) is 33.4. The van der Waals surface area contributed by atoms with Gasteiger partial charge in [0.1, 0.15) is 29.7 Å². The highest BCUT2D eigenvalue weighted by molar-refractivity contribution is 5.98. The zero-order chi connectivity index (χ0) is 25.0. The lowest BCUT2D eigenvalue weighted by atomic mass is 9.62. The minimum atomic E-state index is -1.15. The number of carbonyl (C=O) groups is 3. The van der Waals surface area contributed by atoms with Crippen LogP contribution in [0.3, 0.4) is 0 Å². The number of hydrogen-bond acceptors (Lipinski definition) is 8. The SMILES string of the molecule is CCOC(=O)[C@H]1[C@H]2C(=O)N(CCCO)C(C(=O)NCn3nnc4ccccc43)C23CC(C)[C@]1(C)O3. The van der Waals surface area contributed by atoms with Crippen LogP contribution in [0.4, 0.5) is 0 Å². The summed E-state index contributed by atoms with van der Waals surface area (Å²) in [6, 6.07) is 6.47. The molecule has 0 radical (unpaired) electrons. The molecular weight excluding hydrogens is 454 g/mol. The molecule has 1 aromatic carbocycles. The van der Waals surface area contributed by atoms with Crippen LogP contribution in [0.1, 0.15) is 33.6 Å². The number of aromatic nitrogens is 3. The van der Waals surface area contributed by atoms with E-state index in [1.54, 1.807) is 11.6 Å². The van der Waals surface area contributed by atoms with Crippen LogP contribution in [-0.4, -0.2) is 79.8 Å². The number of carbonyl (C=O) groups excluding carboxylic acids is 3. The molecule has 5 rings (SSSR count). The van der Waals surface area contributed by atoms with E-state index in [0.29, 0.717) is 18.4 Å². The van der Waals surface area contributed by atoms with E-state index in [2.05, 4.69) is 15.6 Å². The van der Waals surface area contributed by atoms with Gasteiger partial charge in [0.25, 0.3) is 0 Å². The lowest BCUT2D eigenvalue weighted by Crippen LogP contribution is -2.55. The van der Waals surface area contributed by atoms with Gasteiger partial charge in [-0.25, -0.2) is 4.68 Å². The van der Waals surface area contributed by atoms with Gasteiger partial charge in [-0.15, -0.1) is 5.10 Å². The Bertz CT molecular complexity index is 1170. The second-order valence-electron chi connectivity index (χ2n) is 9.84. The summed E-state index contributed by atoms with van der Waals surface area (Å²) in [5.74, 6) is -2.85. The highest BCUT2D eigenvalue weighted by atomic mass is 16.6. The third-order valence-electron chi connectivity index (χ3n) is 7.98. The van der Waals surface area contributed by atoms with Crippen LogP contribution in [-0.2, 0) is 30.5 Å². The maximum atomic E-state index is 13.7. The molecule has 2 bridgehead atoms. The summed E-state index contributed by atoms with van der Waals surface area (Å²) >= 11 is 0. The number of benzene rings is 1. The van der Waals surface area contributed by atoms with Crippen LogP contribution in [0.2, 0.25) is 0 Å². The molecular formula is C24H31N5O6. The van der Waals surface area contributed by atoms with Gasteiger partial charge in [-0.1, -0.05) is 24.3 Å². The van der Waals surface area contributed by atoms with E-state index in [1.165, 1.54) is 4.90 Å². The van der Waals surface area contributed by atoms with Gasteiger partial charge in [0.05, 0.1) is 23.6 Å². The van der Waals surface area contributed by atoms with Gasteiger partial charge in [0.2, 0.25) is 11.8 Å². The average Bonchev–Trinajstić information content (AvgIpc) is 3.50. The molecule has 3 saturated heterocycles. The number of aliphatic hydroxyl groups excluding tert-OH is 1. The van der Waals surface area contributed by atoms with Crippen molar-refractivity contribution < 1.29 is 29.0 Å². The molecule has 3 aliphatic heterocycles. The average molecular weight is 486 g/mol. The molecule has 3 unspecified atom stereocenters. The van der Waals surface area contributed by atoms with Gasteiger partial charge in [-0.3, -0.25) is 14.4 Å². The zero-order valence-electron chi connectivity index (χ0n) is 20.1. The minimum absolute atomic E-state index is 0.0618. The number of ether oxygens (including phenoxy) is 2. The van der Waals surface area contributed by atoms with E-state index in [1.807, 2.05) is 38.1 Å². The van der Waals surface area contributed by atoms with Crippen molar-refractivity contribution in [2.45, 2.75) is 57.5 Å². The lowest BCUT2D eigenvalue weighted by Gasteiger charge is -2.35. The quantitative estimate of drug-likeness (QED) is 0.515. The van der Waals surface area contributed by atoms with Crippen LogP contribution in [0.5, 0.6) is 0 Å². The molecule has 0 saturated carbocycles. The molecule has 11 nitrogen and oxygen atoms in total. The first-order valence-electron chi connectivity index (χ1n) is 12.1. The maximum Gasteiger partial charge on any atom is 0.312 e. The van der Waals surface area contributed by atoms with Gasteiger partial charge in [0.15, 0.2) is 0 Å². The number of nitrogens with one attached hydrogen (secondary N) is 1. The second-order valence-corrected chi connectivity index (χ2v) is 9.84. The molecule has 2 N–H and O–H groups in total. The Balaban J connectivity index is 1.48. The van der Waals surface area contributed by atoms with Crippen molar-refractivity contribution in [2.24, 2.45) is 17.8 Å². The summed E-state index contributed by atoms with van der Waals surface area (Å²) in [4.78, 5) is 41.9. The molecule has 0 aliphatic carbocycles. The van der Waals surface area contributed by atoms with Crippen molar-refractivity contribution in [3.63, 3.8) is 0 Å². The Kier molecular flexibility index (Phi) is 5.79. The zero-order valence-corrected chi connectivity index (χ0v) is 20.1. The fraction of sp³-hybridized carbons (Fsp3) is 0.625. The van der Waals surface area contributed by atoms with Crippen molar-refractivity contribution in [3.8, 4) is 0 Å². The Hall–Kier alpha value is -3.05. The molecule has 4 heterocycles. The van der Waals surface area contributed by atoms with Crippen LogP contribution in [0.25, 0.3) is 11.0 Å². The molecule has 1 aromatic heterocycles. The Morgan fingerprint density at radius 3 is 2.86 bits per heavy atom. The first-order valence-corrected chi connectivity index (χ1v) is 12.1. The van der Waals surface area contributed by atoms with E-state index >= 15 is 0 Å². The Morgan fingerprint density at radius 2 is 2.11 bits per heavy atom. The number of hydrogen-bond donors (Lipinski definition) is 2. The molecule has 188 valence electrons. The summed E-state index contributed by atoms with van der Waals surface area (Å²) in [5, 5.41) is 20.6. The number of amides is 2.